The molecule has 150 valence electrons. The summed E-state index contributed by atoms with van der Waals surface area (Å²) >= 11 is 12.5. The number of likely N-dealkylation sites (tertiary alicyclic amines) is 1. The molecule has 0 saturated carbocycles. The van der Waals surface area contributed by atoms with E-state index < -0.39 is 17.7 Å². The highest BCUT2D eigenvalue weighted by atomic mass is 35.5. The van der Waals surface area contributed by atoms with Gasteiger partial charge in [0.2, 0.25) is 0 Å². The highest BCUT2D eigenvalue weighted by molar-refractivity contribution is 6.47. The van der Waals surface area contributed by atoms with Crippen LogP contribution in [-0.4, -0.2) is 26.7 Å². The third kappa shape index (κ3) is 3.70. The first kappa shape index (κ1) is 20.1. The van der Waals surface area contributed by atoms with E-state index in [4.69, 9.17) is 23.2 Å². The number of hydrogen-bond acceptors (Lipinski definition) is 4. The molecule has 2 aromatic carbocycles. The summed E-state index contributed by atoms with van der Waals surface area (Å²) in [5, 5.41) is 11.7. The molecule has 0 bridgehead atoms. The Bertz CT molecular complexity index is 1150. The van der Waals surface area contributed by atoms with Gasteiger partial charge in [0.05, 0.1) is 11.6 Å². The molecule has 1 fully saturated rings. The summed E-state index contributed by atoms with van der Waals surface area (Å²) in [5.74, 6) is -1.73. The van der Waals surface area contributed by atoms with E-state index in [1.54, 1.807) is 67.0 Å². The Balaban J connectivity index is 1.90. The van der Waals surface area contributed by atoms with Gasteiger partial charge in [-0.25, -0.2) is 0 Å². The number of aromatic nitrogens is 1. The SMILES string of the molecule is O=C1C(=O)N(Cc2cccnc2)C(c2ccc(Cl)cc2Cl)/C1=C(\O)c1ccccc1. The van der Waals surface area contributed by atoms with Crippen LogP contribution in [-0.2, 0) is 16.1 Å². The molecule has 0 aliphatic carbocycles. The Hall–Kier alpha value is -3.15. The zero-order valence-electron chi connectivity index (χ0n) is 15.6. The van der Waals surface area contributed by atoms with Gasteiger partial charge in [0.25, 0.3) is 11.7 Å². The number of halogens is 2. The van der Waals surface area contributed by atoms with Crippen molar-refractivity contribution in [1.29, 1.82) is 0 Å². The van der Waals surface area contributed by atoms with Gasteiger partial charge in [-0.05, 0) is 29.3 Å². The van der Waals surface area contributed by atoms with E-state index in [0.29, 0.717) is 21.2 Å². The zero-order chi connectivity index (χ0) is 21.3. The van der Waals surface area contributed by atoms with Gasteiger partial charge in [-0.15, -0.1) is 0 Å². The van der Waals surface area contributed by atoms with Crippen molar-refractivity contribution in [2.75, 3.05) is 0 Å². The van der Waals surface area contributed by atoms with Crippen LogP contribution in [0.15, 0.2) is 78.6 Å². The minimum absolute atomic E-state index is 0.0145. The van der Waals surface area contributed by atoms with Crippen LogP contribution in [0.1, 0.15) is 22.7 Å². The van der Waals surface area contributed by atoms with E-state index in [1.807, 2.05) is 6.07 Å². The van der Waals surface area contributed by atoms with Crippen molar-refractivity contribution < 1.29 is 14.7 Å². The molecule has 1 amide bonds. The van der Waals surface area contributed by atoms with Crippen molar-refractivity contribution in [1.82, 2.24) is 9.88 Å². The number of hydrogen-bond donors (Lipinski definition) is 1. The van der Waals surface area contributed by atoms with Gasteiger partial charge < -0.3 is 10.0 Å². The van der Waals surface area contributed by atoms with Crippen LogP contribution in [0, 0.1) is 0 Å². The molecule has 1 unspecified atom stereocenters. The van der Waals surface area contributed by atoms with Gasteiger partial charge in [0.15, 0.2) is 0 Å². The van der Waals surface area contributed by atoms with E-state index in [-0.39, 0.29) is 17.9 Å². The monoisotopic (exact) mass is 438 g/mol. The summed E-state index contributed by atoms with van der Waals surface area (Å²) in [5.41, 5.74) is 1.67. The van der Waals surface area contributed by atoms with Crippen LogP contribution in [0.25, 0.3) is 5.76 Å². The molecular formula is C23H16Cl2N2O3. The average Bonchev–Trinajstić information content (AvgIpc) is 2.99. The quantitative estimate of drug-likeness (QED) is 0.353. The topological polar surface area (TPSA) is 70.5 Å². The number of aliphatic hydroxyl groups is 1. The Morgan fingerprint density at radius 2 is 1.80 bits per heavy atom. The smallest absolute Gasteiger partial charge is 0.295 e. The molecule has 4 rings (SSSR count). The number of pyridine rings is 1. The summed E-state index contributed by atoms with van der Waals surface area (Å²) in [4.78, 5) is 31.4. The van der Waals surface area contributed by atoms with Gasteiger partial charge in [-0.1, -0.05) is 65.7 Å². The van der Waals surface area contributed by atoms with Gasteiger partial charge in [-0.3, -0.25) is 14.6 Å². The summed E-state index contributed by atoms with van der Waals surface area (Å²) in [6.45, 7) is 0.133. The Morgan fingerprint density at radius 3 is 2.47 bits per heavy atom. The molecule has 30 heavy (non-hydrogen) atoms. The fourth-order valence-electron chi connectivity index (χ4n) is 3.53. The standard InChI is InChI=1S/C23H16Cl2N2O3/c24-16-8-9-17(18(25)11-16)20-19(21(28)15-6-2-1-3-7-15)22(29)23(30)27(20)13-14-5-4-10-26-12-14/h1-12,20,28H,13H2/b21-19+. The van der Waals surface area contributed by atoms with E-state index in [1.165, 1.54) is 4.90 Å². The summed E-state index contributed by atoms with van der Waals surface area (Å²) < 4.78 is 0. The maximum absolute atomic E-state index is 13.0. The third-order valence-electron chi connectivity index (χ3n) is 4.92. The van der Waals surface area contributed by atoms with Crippen molar-refractivity contribution in [2.24, 2.45) is 0 Å². The fourth-order valence-corrected chi connectivity index (χ4v) is 4.04. The lowest BCUT2D eigenvalue weighted by Gasteiger charge is -2.26. The second kappa shape index (κ2) is 8.30. The highest BCUT2D eigenvalue weighted by Gasteiger charge is 2.46. The molecule has 1 aliphatic heterocycles. The van der Waals surface area contributed by atoms with Gasteiger partial charge >= 0.3 is 0 Å². The number of aliphatic hydroxyl groups excluding tert-OH is 1. The number of rotatable bonds is 4. The van der Waals surface area contributed by atoms with E-state index in [9.17, 15) is 14.7 Å². The number of carbonyl (C=O) groups excluding carboxylic acids is 2. The molecule has 3 aromatic rings. The molecule has 0 spiro atoms. The molecule has 7 heteroatoms. The number of carbonyl (C=O) groups is 2. The van der Waals surface area contributed by atoms with Crippen molar-refractivity contribution in [2.45, 2.75) is 12.6 Å². The number of ketones is 1. The number of benzene rings is 2. The van der Waals surface area contributed by atoms with E-state index in [0.717, 1.165) is 5.56 Å². The largest absolute Gasteiger partial charge is 0.507 e. The summed E-state index contributed by atoms with van der Waals surface area (Å²) in [6, 6.07) is 16.2. The predicted octanol–water partition coefficient (Wildman–Crippen LogP) is 5.01. The highest BCUT2D eigenvalue weighted by Crippen LogP contribution is 2.43. The van der Waals surface area contributed by atoms with Crippen LogP contribution in [0.2, 0.25) is 10.0 Å². The Morgan fingerprint density at radius 1 is 1.03 bits per heavy atom. The first-order valence-corrected chi connectivity index (χ1v) is 9.90. The molecular weight excluding hydrogens is 423 g/mol. The molecule has 5 nitrogen and oxygen atoms in total. The lowest BCUT2D eigenvalue weighted by atomic mass is 9.95. The Kier molecular flexibility index (Phi) is 5.57. The molecule has 1 aromatic heterocycles. The molecule has 0 radical (unpaired) electrons. The predicted molar refractivity (Wildman–Crippen MR) is 115 cm³/mol. The van der Waals surface area contributed by atoms with Crippen LogP contribution in [0.3, 0.4) is 0 Å². The van der Waals surface area contributed by atoms with Crippen molar-refractivity contribution in [3.8, 4) is 0 Å². The van der Waals surface area contributed by atoms with Gasteiger partial charge in [0, 0.05) is 34.5 Å². The van der Waals surface area contributed by atoms with E-state index >= 15 is 0 Å². The Labute approximate surface area is 183 Å². The zero-order valence-corrected chi connectivity index (χ0v) is 17.1. The third-order valence-corrected chi connectivity index (χ3v) is 5.48. The molecule has 2 heterocycles. The fraction of sp³-hybridized carbons (Fsp3) is 0.0870. The maximum Gasteiger partial charge on any atom is 0.295 e. The first-order chi connectivity index (χ1) is 14.5. The molecule has 1 atom stereocenters. The van der Waals surface area contributed by atoms with Crippen LogP contribution >= 0.6 is 23.2 Å². The summed E-state index contributed by atoms with van der Waals surface area (Å²) in [7, 11) is 0. The normalized spacial score (nSPS) is 18.1. The van der Waals surface area contributed by atoms with Gasteiger partial charge in [-0.2, -0.15) is 0 Å². The minimum Gasteiger partial charge on any atom is -0.507 e. The van der Waals surface area contributed by atoms with Gasteiger partial charge in [0.1, 0.15) is 5.76 Å². The second-order valence-corrected chi connectivity index (χ2v) is 7.66. The van der Waals surface area contributed by atoms with Crippen molar-refractivity contribution in [3.05, 3.63) is 105 Å². The molecule has 1 saturated heterocycles. The number of nitrogens with zero attached hydrogens (tertiary/aromatic N) is 2. The maximum atomic E-state index is 13.0. The average molecular weight is 439 g/mol. The minimum atomic E-state index is -0.866. The summed E-state index contributed by atoms with van der Waals surface area (Å²) in [6.07, 6.45) is 3.25. The number of Topliss-reactive ketones (excluding diaryl/α,β-unsaturated/α-hetero) is 1. The first-order valence-electron chi connectivity index (χ1n) is 9.15. The van der Waals surface area contributed by atoms with Crippen LogP contribution in [0.4, 0.5) is 0 Å². The molecule has 1 N–H and O–H groups in total. The van der Waals surface area contributed by atoms with Crippen LogP contribution in [0.5, 0.6) is 0 Å². The lowest BCUT2D eigenvalue weighted by molar-refractivity contribution is -0.140. The van der Waals surface area contributed by atoms with Crippen molar-refractivity contribution in [3.63, 3.8) is 0 Å². The lowest BCUT2D eigenvalue weighted by Crippen LogP contribution is -2.29. The van der Waals surface area contributed by atoms with Crippen LogP contribution < -0.4 is 0 Å². The van der Waals surface area contributed by atoms with Crippen molar-refractivity contribution >= 4 is 40.7 Å². The molecule has 1 aliphatic rings. The second-order valence-electron chi connectivity index (χ2n) is 6.82. The number of amides is 1. The van der Waals surface area contributed by atoms with E-state index in [2.05, 4.69) is 4.98 Å².